The molecule has 0 aliphatic heterocycles. The molecule has 0 fully saturated rings. The summed E-state index contributed by atoms with van der Waals surface area (Å²) < 4.78 is 14.6. The van der Waals surface area contributed by atoms with E-state index in [2.05, 4.69) is 46.7 Å². The number of nitrogens with zero attached hydrogens (tertiary/aromatic N) is 3. The van der Waals surface area contributed by atoms with Crippen LogP contribution < -0.4 is 10.8 Å². The van der Waals surface area contributed by atoms with E-state index in [-0.39, 0.29) is 5.69 Å². The van der Waals surface area contributed by atoms with Gasteiger partial charge in [0, 0.05) is 4.47 Å². The molecule has 0 saturated carbocycles. The summed E-state index contributed by atoms with van der Waals surface area (Å²) in [7, 11) is 2.85. The van der Waals surface area contributed by atoms with Crippen molar-refractivity contribution in [3.8, 4) is 0 Å². The quantitative estimate of drug-likeness (QED) is 0.601. The van der Waals surface area contributed by atoms with Gasteiger partial charge in [-0.05, 0) is 18.2 Å². The van der Waals surface area contributed by atoms with Crippen molar-refractivity contribution in [3.63, 3.8) is 0 Å². The lowest BCUT2D eigenvalue weighted by Gasteiger charge is -2.12. The molecule has 116 valence electrons. The molecule has 7 nitrogen and oxygen atoms in total. The summed E-state index contributed by atoms with van der Waals surface area (Å²) in [5.41, 5.74) is 3.31. The number of nitrogens with one attached hydrogen (secondary N) is 2. The molecule has 0 amide bonds. The van der Waals surface area contributed by atoms with E-state index in [9.17, 15) is 4.39 Å². The minimum Gasteiger partial charge on any atom is -0.399 e. The van der Waals surface area contributed by atoms with E-state index in [0.29, 0.717) is 21.7 Å². The molecular weight excluding hydrogens is 357 g/mol. The SMILES string of the molecule is CO/N=C/c1c(NOC)ncnc1Nc1ccc(Br)cc1F. The van der Waals surface area contributed by atoms with E-state index < -0.39 is 5.82 Å². The van der Waals surface area contributed by atoms with Gasteiger partial charge >= 0.3 is 0 Å². The molecular formula is C13H13BrFN5O2. The van der Waals surface area contributed by atoms with E-state index in [1.54, 1.807) is 12.1 Å². The van der Waals surface area contributed by atoms with E-state index in [1.807, 2.05) is 0 Å². The molecule has 1 aromatic heterocycles. The topological polar surface area (TPSA) is 80.7 Å². The molecule has 1 heterocycles. The predicted molar refractivity (Wildman–Crippen MR) is 84.6 cm³/mol. The number of halogens is 2. The van der Waals surface area contributed by atoms with Crippen molar-refractivity contribution >= 4 is 39.5 Å². The molecule has 1 aromatic carbocycles. The number of hydrogen-bond donors (Lipinski definition) is 2. The van der Waals surface area contributed by atoms with Crippen LogP contribution in [0, 0.1) is 5.82 Å². The minimum atomic E-state index is -0.427. The predicted octanol–water partition coefficient (Wildman–Crippen LogP) is 3.08. The molecule has 2 aromatic rings. The van der Waals surface area contributed by atoms with Crippen LogP contribution in [-0.2, 0) is 9.68 Å². The molecule has 0 spiro atoms. The fraction of sp³-hybridized carbons (Fsp3) is 0.154. The third-order valence-electron chi connectivity index (χ3n) is 2.55. The molecule has 9 heteroatoms. The summed E-state index contributed by atoms with van der Waals surface area (Å²) in [4.78, 5) is 17.6. The molecule has 0 aliphatic carbocycles. The van der Waals surface area contributed by atoms with Gasteiger partial charge in [0.1, 0.15) is 25.1 Å². The zero-order valence-electron chi connectivity index (χ0n) is 11.8. The summed E-state index contributed by atoms with van der Waals surface area (Å²) in [6.45, 7) is 0. The van der Waals surface area contributed by atoms with Gasteiger partial charge in [-0.3, -0.25) is 4.84 Å². The maximum absolute atomic E-state index is 13.9. The Morgan fingerprint density at radius 2 is 2.05 bits per heavy atom. The maximum atomic E-state index is 13.9. The van der Waals surface area contributed by atoms with Crippen LogP contribution in [-0.4, -0.2) is 30.4 Å². The molecule has 0 radical (unpaired) electrons. The zero-order valence-corrected chi connectivity index (χ0v) is 13.4. The highest BCUT2D eigenvalue weighted by Gasteiger charge is 2.12. The Morgan fingerprint density at radius 1 is 1.27 bits per heavy atom. The monoisotopic (exact) mass is 369 g/mol. The van der Waals surface area contributed by atoms with Gasteiger partial charge in [-0.2, -0.15) is 0 Å². The molecule has 0 saturated heterocycles. The first-order valence-electron chi connectivity index (χ1n) is 6.08. The second-order valence-corrected chi connectivity index (χ2v) is 4.87. The Labute approximate surface area is 134 Å². The van der Waals surface area contributed by atoms with Crippen LogP contribution in [0.1, 0.15) is 5.56 Å². The van der Waals surface area contributed by atoms with Crippen LogP contribution in [0.5, 0.6) is 0 Å². The average Bonchev–Trinajstić information content (AvgIpc) is 2.50. The average molecular weight is 370 g/mol. The molecule has 22 heavy (non-hydrogen) atoms. The van der Waals surface area contributed by atoms with Gasteiger partial charge in [0.05, 0.1) is 24.6 Å². The van der Waals surface area contributed by atoms with Crippen LogP contribution in [0.4, 0.5) is 21.7 Å². The lowest BCUT2D eigenvalue weighted by atomic mass is 10.2. The molecule has 0 unspecified atom stereocenters. The summed E-state index contributed by atoms with van der Waals surface area (Å²) in [6.07, 6.45) is 2.70. The van der Waals surface area contributed by atoms with Crippen molar-refractivity contribution in [1.29, 1.82) is 0 Å². The third-order valence-corrected chi connectivity index (χ3v) is 3.05. The van der Waals surface area contributed by atoms with Gasteiger partial charge in [0.15, 0.2) is 5.82 Å². The normalized spacial score (nSPS) is 10.7. The van der Waals surface area contributed by atoms with Crippen molar-refractivity contribution in [1.82, 2.24) is 9.97 Å². The van der Waals surface area contributed by atoms with Gasteiger partial charge in [0.2, 0.25) is 0 Å². The Balaban J connectivity index is 2.40. The highest BCUT2D eigenvalue weighted by molar-refractivity contribution is 9.10. The largest absolute Gasteiger partial charge is 0.399 e. The Morgan fingerprint density at radius 3 is 2.73 bits per heavy atom. The minimum absolute atomic E-state index is 0.261. The molecule has 0 aliphatic rings. The molecule has 0 bridgehead atoms. The van der Waals surface area contributed by atoms with Crippen LogP contribution in [0.15, 0.2) is 34.2 Å². The fourth-order valence-electron chi connectivity index (χ4n) is 1.62. The number of hydrogen-bond acceptors (Lipinski definition) is 7. The van der Waals surface area contributed by atoms with Crippen molar-refractivity contribution in [2.75, 3.05) is 25.0 Å². The highest BCUT2D eigenvalue weighted by atomic mass is 79.9. The summed E-state index contributed by atoms with van der Waals surface area (Å²) >= 11 is 3.20. The zero-order chi connectivity index (χ0) is 15.9. The lowest BCUT2D eigenvalue weighted by molar-refractivity contribution is 0.215. The van der Waals surface area contributed by atoms with E-state index in [0.717, 1.165) is 0 Å². The van der Waals surface area contributed by atoms with E-state index in [1.165, 1.54) is 32.8 Å². The smallest absolute Gasteiger partial charge is 0.164 e. The second-order valence-electron chi connectivity index (χ2n) is 3.96. The Bertz CT molecular complexity index is 683. The summed E-state index contributed by atoms with van der Waals surface area (Å²) in [5, 5.41) is 6.57. The maximum Gasteiger partial charge on any atom is 0.164 e. The summed E-state index contributed by atoms with van der Waals surface area (Å²) in [5.74, 6) is 0.277. The van der Waals surface area contributed by atoms with Crippen LogP contribution in [0.3, 0.4) is 0 Å². The van der Waals surface area contributed by atoms with Crippen LogP contribution >= 0.6 is 15.9 Å². The summed E-state index contributed by atoms with van der Waals surface area (Å²) in [6, 6.07) is 4.65. The third kappa shape index (κ3) is 3.89. The standard InChI is InChI=1S/C13H13BrFN5O2/c1-21-18-6-9-12(16-7-17-13(9)20-22-2)19-11-4-3-8(14)5-10(11)15/h3-7H,1-2H3,(H2,16,17,19,20)/b18-6+. The van der Waals surface area contributed by atoms with Crippen molar-refractivity contribution in [2.45, 2.75) is 0 Å². The molecule has 2 rings (SSSR count). The fourth-order valence-corrected chi connectivity index (χ4v) is 1.95. The second kappa shape index (κ2) is 7.66. The number of rotatable bonds is 6. The van der Waals surface area contributed by atoms with Gasteiger partial charge < -0.3 is 10.2 Å². The molecule has 2 N–H and O–H groups in total. The first kappa shape index (κ1) is 16.1. The molecule has 0 atom stereocenters. The van der Waals surface area contributed by atoms with Gasteiger partial charge in [-0.15, -0.1) is 0 Å². The van der Waals surface area contributed by atoms with Crippen LogP contribution in [0.2, 0.25) is 0 Å². The van der Waals surface area contributed by atoms with Crippen LogP contribution in [0.25, 0.3) is 0 Å². The lowest BCUT2D eigenvalue weighted by Crippen LogP contribution is -2.08. The highest BCUT2D eigenvalue weighted by Crippen LogP contribution is 2.25. The Kier molecular flexibility index (Phi) is 5.61. The number of aromatic nitrogens is 2. The Hall–Kier alpha value is -2.26. The van der Waals surface area contributed by atoms with E-state index in [4.69, 9.17) is 4.84 Å². The van der Waals surface area contributed by atoms with Crippen molar-refractivity contribution in [2.24, 2.45) is 5.16 Å². The number of anilines is 3. The van der Waals surface area contributed by atoms with Gasteiger partial charge in [-0.25, -0.2) is 19.8 Å². The first-order chi connectivity index (χ1) is 10.7. The van der Waals surface area contributed by atoms with Crippen molar-refractivity contribution in [3.05, 3.63) is 40.4 Å². The van der Waals surface area contributed by atoms with Gasteiger partial charge in [0.25, 0.3) is 0 Å². The van der Waals surface area contributed by atoms with E-state index >= 15 is 0 Å². The number of oxime groups is 1. The first-order valence-corrected chi connectivity index (χ1v) is 6.87. The van der Waals surface area contributed by atoms with Crippen molar-refractivity contribution < 1.29 is 14.1 Å². The number of benzene rings is 1. The van der Waals surface area contributed by atoms with Gasteiger partial charge in [-0.1, -0.05) is 21.1 Å².